The second kappa shape index (κ2) is 13.4. The summed E-state index contributed by atoms with van der Waals surface area (Å²) in [4.78, 5) is 27.0. The second-order valence-corrected chi connectivity index (χ2v) is 20.1. The van der Waals surface area contributed by atoms with Crippen LogP contribution in [0.3, 0.4) is 0 Å². The first-order valence-electron chi connectivity index (χ1n) is 20.7. The number of nitrogens with zero attached hydrogens (tertiary/aromatic N) is 1. The van der Waals surface area contributed by atoms with E-state index in [2.05, 4.69) is 44.8 Å². The summed E-state index contributed by atoms with van der Waals surface area (Å²) < 4.78 is 24.7. The topological polar surface area (TPSA) is 127 Å². The third-order valence-electron chi connectivity index (χ3n) is 17.2. The molecule has 2 spiro atoms. The molecule has 0 bridgehead atoms. The van der Waals surface area contributed by atoms with Gasteiger partial charge in [-0.1, -0.05) is 34.6 Å². The van der Waals surface area contributed by atoms with Gasteiger partial charge in [0.25, 0.3) is 0 Å². The number of hydrogen-bond acceptors (Lipinski definition) is 9. The number of fused-ring (bicyclic) bond motifs is 2. The number of nitrogens with one attached hydrogen (secondary N) is 1. The van der Waals surface area contributed by atoms with E-state index in [0.717, 1.165) is 51.6 Å². The molecule has 5 aliphatic carbocycles. The Hall–Kier alpha value is -1.30. The first kappa shape index (κ1) is 39.0. The Balaban J connectivity index is 1.06. The Morgan fingerprint density at radius 3 is 2.46 bits per heavy atom. The standard InChI is InChI=1S/C42H70N2O8/c1-25(21-29(49-9)35(38(5,6)48)51-26(2)45)27-22-32(46)40(8)31-13-12-30-37(3,4)33(14-15-41(30)24-42(31,41)17-16-39(27,40)7)52-34-23-44(19-20-50-34)28-11-10-18-43-36(28)47/h25,27-35,46,48H,10-24H2,1-9H3,(H,43,47)/t25-,27?,28+,29?,30+,31+,32+,33+,34?,35+,39-,40-,41-,42?/m1/s1. The summed E-state index contributed by atoms with van der Waals surface area (Å²) in [6.07, 6.45) is 9.68. The fourth-order valence-corrected chi connectivity index (χ4v) is 14.5. The van der Waals surface area contributed by atoms with E-state index < -0.39 is 23.8 Å². The van der Waals surface area contributed by atoms with Crippen LogP contribution in [0.5, 0.6) is 0 Å². The maximum Gasteiger partial charge on any atom is 0.303 e. The summed E-state index contributed by atoms with van der Waals surface area (Å²) in [5, 5.41) is 26.2. The fourth-order valence-electron chi connectivity index (χ4n) is 14.5. The molecule has 0 radical (unpaired) electrons. The predicted octanol–water partition coefficient (Wildman–Crippen LogP) is 5.46. The van der Waals surface area contributed by atoms with Crippen molar-refractivity contribution in [3.8, 4) is 0 Å². The molecule has 7 fully saturated rings. The lowest BCUT2D eigenvalue weighted by molar-refractivity contribution is -0.251. The van der Waals surface area contributed by atoms with Gasteiger partial charge in [-0.15, -0.1) is 0 Å². The van der Waals surface area contributed by atoms with Crippen LogP contribution in [0.2, 0.25) is 0 Å². The maximum atomic E-state index is 12.7. The summed E-state index contributed by atoms with van der Waals surface area (Å²) in [5.41, 5.74) is -0.884. The van der Waals surface area contributed by atoms with E-state index in [1.165, 1.54) is 32.6 Å². The average molecular weight is 731 g/mol. The zero-order valence-electron chi connectivity index (χ0n) is 33.7. The minimum absolute atomic E-state index is 0.00169. The molecule has 2 aliphatic heterocycles. The summed E-state index contributed by atoms with van der Waals surface area (Å²) in [6.45, 7) is 19.6. The highest BCUT2D eigenvalue weighted by atomic mass is 16.7. The minimum Gasteiger partial charge on any atom is -0.457 e. The van der Waals surface area contributed by atoms with E-state index in [9.17, 15) is 19.8 Å². The summed E-state index contributed by atoms with van der Waals surface area (Å²) in [5.74, 6) is 1.28. The molecule has 10 heteroatoms. The van der Waals surface area contributed by atoms with Crippen LogP contribution in [0.15, 0.2) is 0 Å². The van der Waals surface area contributed by atoms with Gasteiger partial charge in [0.2, 0.25) is 5.91 Å². The third-order valence-corrected chi connectivity index (χ3v) is 17.2. The highest BCUT2D eigenvalue weighted by Gasteiger charge is 2.83. The molecule has 0 aromatic carbocycles. The normalized spacial score (nSPS) is 46.1. The molecular formula is C42H70N2O8. The van der Waals surface area contributed by atoms with Crippen molar-refractivity contribution in [1.82, 2.24) is 10.2 Å². The van der Waals surface area contributed by atoms with Gasteiger partial charge in [0.15, 0.2) is 12.4 Å². The van der Waals surface area contributed by atoms with E-state index in [4.69, 9.17) is 18.9 Å². The first-order valence-corrected chi connectivity index (χ1v) is 20.7. The quantitative estimate of drug-likeness (QED) is 0.251. The molecule has 2 saturated heterocycles. The molecule has 4 unspecified atom stereocenters. The molecule has 52 heavy (non-hydrogen) atoms. The van der Waals surface area contributed by atoms with Crippen LogP contribution in [0.4, 0.5) is 0 Å². The van der Waals surface area contributed by atoms with Gasteiger partial charge in [-0.25, -0.2) is 0 Å². The number of piperidine rings is 1. The second-order valence-electron chi connectivity index (χ2n) is 20.1. The number of aliphatic hydroxyl groups excluding tert-OH is 1. The molecular weight excluding hydrogens is 660 g/mol. The molecule has 7 rings (SSSR count). The summed E-state index contributed by atoms with van der Waals surface area (Å²) >= 11 is 0. The molecule has 0 aromatic rings. The van der Waals surface area contributed by atoms with E-state index in [0.29, 0.717) is 42.7 Å². The molecule has 7 aliphatic rings. The summed E-state index contributed by atoms with van der Waals surface area (Å²) in [7, 11) is 1.64. The minimum atomic E-state index is -1.25. The van der Waals surface area contributed by atoms with Crippen molar-refractivity contribution in [2.45, 2.75) is 168 Å². The Labute approximate surface area is 312 Å². The van der Waals surface area contributed by atoms with Crippen LogP contribution in [-0.2, 0) is 28.5 Å². The van der Waals surface area contributed by atoms with Crippen LogP contribution < -0.4 is 5.32 Å². The summed E-state index contributed by atoms with van der Waals surface area (Å²) in [6, 6.07) is -0.0772. The van der Waals surface area contributed by atoms with E-state index in [1.807, 2.05) is 0 Å². The Bertz CT molecular complexity index is 1370. The smallest absolute Gasteiger partial charge is 0.303 e. The van der Waals surface area contributed by atoms with Crippen molar-refractivity contribution in [3.63, 3.8) is 0 Å². The molecule has 2 heterocycles. The number of morpholine rings is 1. The van der Waals surface area contributed by atoms with Gasteiger partial charge in [0, 0.05) is 32.5 Å². The highest BCUT2D eigenvalue weighted by Crippen LogP contribution is 2.89. The van der Waals surface area contributed by atoms with Crippen molar-refractivity contribution in [1.29, 1.82) is 0 Å². The Kier molecular flexibility index (Phi) is 10.1. The van der Waals surface area contributed by atoms with Crippen LogP contribution in [0.25, 0.3) is 0 Å². The number of rotatable bonds is 10. The van der Waals surface area contributed by atoms with E-state index >= 15 is 0 Å². The van der Waals surface area contributed by atoms with Gasteiger partial charge in [-0.05, 0) is 130 Å². The van der Waals surface area contributed by atoms with Crippen LogP contribution in [0, 0.1) is 50.7 Å². The third kappa shape index (κ3) is 5.84. The SMILES string of the molecule is COC(C[C@@H](C)C1C[C@H](O)[C@@]2(C)[C@@H]3CC[C@H]4C(C)(C)[C@@H](OC5CN([C@H]6CCCNC6=O)CCO5)CC[C@@]45CC35CC[C@]12C)[C@H](OC(C)=O)C(C)(C)O. The van der Waals surface area contributed by atoms with Gasteiger partial charge < -0.3 is 34.5 Å². The number of methoxy groups -OCH3 is 1. The molecule has 0 aromatic heterocycles. The Morgan fingerprint density at radius 2 is 1.79 bits per heavy atom. The largest absolute Gasteiger partial charge is 0.457 e. The van der Waals surface area contributed by atoms with Gasteiger partial charge >= 0.3 is 5.97 Å². The van der Waals surface area contributed by atoms with Crippen LogP contribution >= 0.6 is 0 Å². The maximum absolute atomic E-state index is 12.7. The molecule has 10 nitrogen and oxygen atoms in total. The number of aliphatic hydroxyl groups is 2. The van der Waals surface area contributed by atoms with Gasteiger partial charge in [0.1, 0.15) is 0 Å². The van der Waals surface area contributed by atoms with Crippen molar-refractivity contribution in [2.75, 3.05) is 33.4 Å². The van der Waals surface area contributed by atoms with E-state index in [-0.39, 0.29) is 58.0 Å². The van der Waals surface area contributed by atoms with Crippen molar-refractivity contribution in [2.24, 2.45) is 50.7 Å². The molecule has 296 valence electrons. The monoisotopic (exact) mass is 731 g/mol. The van der Waals surface area contributed by atoms with Gasteiger partial charge in [-0.2, -0.15) is 0 Å². The van der Waals surface area contributed by atoms with Gasteiger partial charge in [0.05, 0.1) is 43.1 Å². The van der Waals surface area contributed by atoms with Crippen LogP contribution in [0.1, 0.15) is 126 Å². The number of ether oxygens (including phenoxy) is 4. The predicted molar refractivity (Wildman–Crippen MR) is 197 cm³/mol. The van der Waals surface area contributed by atoms with Crippen molar-refractivity contribution >= 4 is 11.9 Å². The zero-order valence-corrected chi connectivity index (χ0v) is 33.7. The lowest BCUT2D eigenvalue weighted by Crippen LogP contribution is -2.60. The van der Waals surface area contributed by atoms with Crippen molar-refractivity contribution < 1.29 is 38.7 Å². The molecule has 3 N–H and O–H groups in total. The lowest BCUT2D eigenvalue weighted by atomic mass is 9.41. The van der Waals surface area contributed by atoms with Gasteiger partial charge in [-0.3, -0.25) is 14.5 Å². The zero-order chi connectivity index (χ0) is 37.6. The lowest BCUT2D eigenvalue weighted by Gasteiger charge is -2.64. The first-order chi connectivity index (χ1) is 24.4. The number of carbonyl (C=O) groups is 2. The molecule has 1 amide bonds. The molecule has 14 atom stereocenters. The number of hydrogen-bond donors (Lipinski definition) is 3. The number of amides is 1. The average Bonchev–Trinajstić information content (AvgIpc) is 3.70. The van der Waals surface area contributed by atoms with Crippen LogP contribution in [-0.4, -0.2) is 103 Å². The highest BCUT2D eigenvalue weighted by molar-refractivity contribution is 5.82. The number of esters is 1. The molecule has 5 saturated carbocycles. The van der Waals surface area contributed by atoms with E-state index in [1.54, 1.807) is 21.0 Å². The number of carbonyl (C=O) groups excluding carboxylic acids is 2. The fraction of sp³-hybridized carbons (Fsp3) is 0.952. The van der Waals surface area contributed by atoms with Crippen molar-refractivity contribution in [3.05, 3.63) is 0 Å². The Morgan fingerprint density at radius 1 is 1.08 bits per heavy atom.